The Kier molecular flexibility index (Phi) is 6.38. The van der Waals surface area contributed by atoms with Gasteiger partial charge in [-0.1, -0.05) is 158 Å². The molecule has 1 nitrogen and oxygen atoms in total. The Morgan fingerprint density at radius 3 is 1.12 bits per heavy atom. The van der Waals surface area contributed by atoms with Crippen molar-refractivity contribution in [1.82, 2.24) is 0 Å². The van der Waals surface area contributed by atoms with E-state index in [2.05, 4.69) is 115 Å². The lowest BCUT2D eigenvalue weighted by Gasteiger charge is -2.18. The van der Waals surface area contributed by atoms with E-state index in [-0.39, 0.29) is 0 Å². The molecule has 1 atom stereocenters. The van der Waals surface area contributed by atoms with Gasteiger partial charge in [-0.15, -0.1) is 0 Å². The summed E-state index contributed by atoms with van der Waals surface area (Å²) in [5, 5.41) is 6.78. The van der Waals surface area contributed by atoms with E-state index in [0.717, 1.165) is 21.7 Å². The molecule has 0 fully saturated rings. The van der Waals surface area contributed by atoms with E-state index in [4.69, 9.17) is 0 Å². The van der Waals surface area contributed by atoms with Crippen LogP contribution in [-0.4, -0.2) is 6.66 Å². The van der Waals surface area contributed by atoms with Gasteiger partial charge in [0, 0.05) is 10.6 Å². The molecule has 0 aliphatic rings. The van der Waals surface area contributed by atoms with E-state index >= 15 is 0 Å². The quantitative estimate of drug-likeness (QED) is 0.156. The van der Waals surface area contributed by atoms with Crippen molar-refractivity contribution in [2.75, 3.05) is 6.66 Å². The molecule has 7 rings (SSSR count). The Morgan fingerprint density at radius 1 is 0.341 bits per heavy atom. The second-order valence-corrected chi connectivity index (χ2v) is 13.5. The summed E-state index contributed by atoms with van der Waals surface area (Å²) < 4.78 is 13.6. The minimum Gasteiger partial charge on any atom is -0.314 e. The highest BCUT2D eigenvalue weighted by molar-refractivity contribution is 7.78. The van der Waals surface area contributed by atoms with Crippen LogP contribution in [0.2, 0.25) is 0 Å². The van der Waals surface area contributed by atoms with Crippen molar-refractivity contribution in [3.63, 3.8) is 0 Å². The largest absolute Gasteiger partial charge is 0.314 e. The van der Waals surface area contributed by atoms with Crippen molar-refractivity contribution in [3.8, 4) is 33.4 Å². The minimum atomic E-state index is -2.63. The van der Waals surface area contributed by atoms with Gasteiger partial charge in [0.2, 0.25) is 0 Å². The van der Waals surface area contributed by atoms with Crippen LogP contribution in [0.25, 0.3) is 54.9 Å². The number of hydrogen-bond donors (Lipinski definition) is 0. The molecule has 7 aromatic carbocycles. The van der Waals surface area contributed by atoms with Gasteiger partial charge in [-0.05, 0) is 61.6 Å². The molecule has 0 saturated carbocycles. The summed E-state index contributed by atoms with van der Waals surface area (Å²) in [6.07, 6.45) is 0. The van der Waals surface area contributed by atoms with Gasteiger partial charge in [0.05, 0.1) is 0 Å². The van der Waals surface area contributed by atoms with Crippen LogP contribution in [0.15, 0.2) is 158 Å². The lowest BCUT2D eigenvalue weighted by Crippen LogP contribution is -2.14. The topological polar surface area (TPSA) is 17.1 Å². The lowest BCUT2D eigenvalue weighted by atomic mass is 9.86. The van der Waals surface area contributed by atoms with Crippen LogP contribution in [0.4, 0.5) is 0 Å². The fourth-order valence-corrected chi connectivity index (χ4v) is 7.74. The summed E-state index contributed by atoms with van der Waals surface area (Å²) in [5.41, 5.74) is 7.21. The van der Waals surface area contributed by atoms with E-state index in [0.29, 0.717) is 0 Å². The Morgan fingerprint density at radius 2 is 0.659 bits per heavy atom. The van der Waals surface area contributed by atoms with E-state index < -0.39 is 7.14 Å². The monoisotopic (exact) mass is 544 g/mol. The molecule has 0 spiro atoms. The molecule has 0 aliphatic carbocycles. The summed E-state index contributed by atoms with van der Waals surface area (Å²) in [6, 6.07) is 55.0. The normalized spacial score (nSPS) is 12.8. The van der Waals surface area contributed by atoms with Crippen LogP contribution in [0.1, 0.15) is 0 Å². The molecule has 0 saturated heterocycles. The summed E-state index contributed by atoms with van der Waals surface area (Å²) in [5.74, 6) is 0. The van der Waals surface area contributed by atoms with Gasteiger partial charge in [0.1, 0.15) is 7.14 Å². The van der Waals surface area contributed by atoms with Gasteiger partial charge in [0.15, 0.2) is 0 Å². The summed E-state index contributed by atoms with van der Waals surface area (Å²) in [6.45, 7) is 1.85. The minimum absolute atomic E-state index is 0.875. The molecule has 0 aliphatic heterocycles. The van der Waals surface area contributed by atoms with Crippen LogP contribution in [-0.2, 0) is 4.57 Å². The van der Waals surface area contributed by atoms with Crippen LogP contribution in [0, 0.1) is 0 Å². The first kappa shape index (κ1) is 25.3. The Bertz CT molecular complexity index is 1990. The van der Waals surface area contributed by atoms with Crippen LogP contribution < -0.4 is 10.6 Å². The molecule has 0 heterocycles. The zero-order valence-corrected chi connectivity index (χ0v) is 23.8. The van der Waals surface area contributed by atoms with Crippen molar-refractivity contribution >= 4 is 39.3 Å². The summed E-state index contributed by atoms with van der Waals surface area (Å²) in [7, 11) is -2.63. The van der Waals surface area contributed by atoms with Crippen molar-refractivity contribution < 1.29 is 4.57 Å². The molecular weight excluding hydrogens is 515 g/mol. The highest BCUT2D eigenvalue weighted by Gasteiger charge is 2.21. The Balaban J connectivity index is 1.31. The molecule has 0 bridgehead atoms. The van der Waals surface area contributed by atoms with E-state index in [1.807, 2.05) is 49.1 Å². The van der Waals surface area contributed by atoms with Gasteiger partial charge in [-0.25, -0.2) is 0 Å². The SMILES string of the molecule is CP(=O)(c1ccccc1)c1ccc(-c2ccc(-c3c4ccccc4c(-c4ccccc4)c4ccccc34)cc2)cc1. The average molecular weight is 545 g/mol. The lowest BCUT2D eigenvalue weighted by molar-refractivity contribution is 0.590. The molecule has 41 heavy (non-hydrogen) atoms. The Hall–Kier alpha value is -4.71. The first-order valence-electron chi connectivity index (χ1n) is 13.9. The fraction of sp³-hybridized carbons (Fsp3) is 0.0256. The smallest absolute Gasteiger partial charge is 0.140 e. The maximum atomic E-state index is 13.6. The van der Waals surface area contributed by atoms with Crippen molar-refractivity contribution in [3.05, 3.63) is 158 Å². The number of fused-ring (bicyclic) bond motifs is 2. The van der Waals surface area contributed by atoms with Gasteiger partial charge in [0.25, 0.3) is 0 Å². The van der Waals surface area contributed by atoms with Gasteiger partial charge in [-0.2, -0.15) is 0 Å². The number of benzene rings is 7. The van der Waals surface area contributed by atoms with Crippen molar-refractivity contribution in [1.29, 1.82) is 0 Å². The zero-order chi connectivity index (χ0) is 27.8. The van der Waals surface area contributed by atoms with Crippen molar-refractivity contribution in [2.45, 2.75) is 0 Å². The first-order valence-corrected chi connectivity index (χ1v) is 16.1. The maximum Gasteiger partial charge on any atom is 0.140 e. The maximum absolute atomic E-state index is 13.6. The molecule has 2 heteroatoms. The molecule has 0 N–H and O–H groups in total. The summed E-state index contributed by atoms with van der Waals surface area (Å²) in [4.78, 5) is 0. The highest BCUT2D eigenvalue weighted by Crippen LogP contribution is 2.44. The average Bonchev–Trinajstić information content (AvgIpc) is 3.04. The van der Waals surface area contributed by atoms with Gasteiger partial charge in [-0.3, -0.25) is 0 Å². The second kappa shape index (κ2) is 10.4. The Labute approximate surface area is 241 Å². The highest BCUT2D eigenvalue weighted by atomic mass is 31.2. The third-order valence-corrected chi connectivity index (χ3v) is 10.7. The van der Waals surface area contributed by atoms with Gasteiger partial charge >= 0.3 is 0 Å². The first-order chi connectivity index (χ1) is 20.1. The van der Waals surface area contributed by atoms with Crippen LogP contribution in [0.5, 0.6) is 0 Å². The third kappa shape index (κ3) is 4.49. The molecule has 0 radical (unpaired) electrons. The number of rotatable bonds is 5. The predicted octanol–water partition coefficient (Wildman–Crippen LogP) is 9.94. The molecular formula is C39H29OP. The molecule has 1 unspecified atom stereocenters. The van der Waals surface area contributed by atoms with E-state index in [9.17, 15) is 4.57 Å². The molecule has 7 aromatic rings. The second-order valence-electron chi connectivity index (χ2n) is 10.6. The van der Waals surface area contributed by atoms with Crippen LogP contribution in [0.3, 0.4) is 0 Å². The van der Waals surface area contributed by atoms with E-state index in [1.165, 1.54) is 43.8 Å². The summed E-state index contributed by atoms with van der Waals surface area (Å²) >= 11 is 0. The fourth-order valence-electron chi connectivity index (χ4n) is 5.98. The van der Waals surface area contributed by atoms with Gasteiger partial charge < -0.3 is 4.57 Å². The standard InChI is InChI=1S/C39H29OP/c1-41(40,32-14-6-3-7-15-32)33-26-24-29(25-27-33)28-20-22-31(23-21-28)39-36-18-10-8-16-34(36)38(30-12-4-2-5-13-30)35-17-9-11-19-37(35)39/h2-27H,1H3. The van der Waals surface area contributed by atoms with Crippen molar-refractivity contribution in [2.24, 2.45) is 0 Å². The third-order valence-electron chi connectivity index (χ3n) is 8.11. The molecule has 0 aromatic heterocycles. The van der Waals surface area contributed by atoms with E-state index in [1.54, 1.807) is 0 Å². The molecule has 196 valence electrons. The zero-order valence-electron chi connectivity index (χ0n) is 22.9. The number of hydrogen-bond acceptors (Lipinski definition) is 1. The molecule has 0 amide bonds. The van der Waals surface area contributed by atoms with Crippen LogP contribution >= 0.6 is 7.14 Å². The predicted molar refractivity (Wildman–Crippen MR) is 177 cm³/mol.